The van der Waals surface area contributed by atoms with Gasteiger partial charge in [0, 0.05) is 31.6 Å². The molecule has 0 saturated carbocycles. The molecule has 200 valence electrons. The molecule has 0 aromatic heterocycles. The van der Waals surface area contributed by atoms with E-state index in [1.165, 1.54) is 0 Å². The minimum atomic E-state index is -1.98. The summed E-state index contributed by atoms with van der Waals surface area (Å²) in [5, 5.41) is 19.1. The third-order valence-corrected chi connectivity index (χ3v) is 13.6. The number of carboxylic acid groups (broad SMARTS) is 1. The van der Waals surface area contributed by atoms with Gasteiger partial charge < -0.3 is 19.3 Å². The summed E-state index contributed by atoms with van der Waals surface area (Å²) in [5.74, 6) is 0.389. The molecule has 6 nitrogen and oxygen atoms in total. The molecule has 2 bridgehead atoms. The Morgan fingerprint density at radius 2 is 1.81 bits per heavy atom. The molecule has 2 aliphatic heterocycles. The number of piperidine rings is 2. The number of nitriles is 1. The summed E-state index contributed by atoms with van der Waals surface area (Å²) < 4.78 is 6.91. The third kappa shape index (κ3) is 6.33. The van der Waals surface area contributed by atoms with Crippen LogP contribution in [-0.2, 0) is 4.43 Å². The van der Waals surface area contributed by atoms with Crippen LogP contribution < -0.4 is 0 Å². The predicted molar refractivity (Wildman–Crippen MR) is 147 cm³/mol. The van der Waals surface area contributed by atoms with Crippen LogP contribution in [0.1, 0.15) is 78.0 Å². The van der Waals surface area contributed by atoms with Gasteiger partial charge in [-0.2, -0.15) is 5.26 Å². The van der Waals surface area contributed by atoms with E-state index in [0.29, 0.717) is 24.6 Å². The lowest BCUT2D eigenvalue weighted by Crippen LogP contribution is -2.63. The minimum Gasteiger partial charge on any atom is -0.465 e. The van der Waals surface area contributed by atoms with Gasteiger partial charge in [-0.05, 0) is 73.0 Å². The number of hydrogen-bond acceptors (Lipinski definition) is 4. The van der Waals surface area contributed by atoms with Crippen molar-refractivity contribution in [1.82, 2.24) is 9.80 Å². The molecule has 3 unspecified atom stereocenters. The van der Waals surface area contributed by atoms with Crippen molar-refractivity contribution in [2.75, 3.05) is 32.7 Å². The van der Waals surface area contributed by atoms with Gasteiger partial charge in [-0.1, -0.05) is 53.7 Å². The Morgan fingerprint density at radius 1 is 1.17 bits per heavy atom. The predicted octanol–water partition coefficient (Wildman–Crippen LogP) is 6.75. The standard InChI is InChI=1S/C29H47N3O3Si/c1-27(2,3)29-16-23(19-32(21-29)26(33)34)18-31(20-29)15-9-10-25(35-36(7,8)28(4,5)6)24-13-11-22(17-30)12-14-24/h11-14,23,25H,9-10,15-16,18-21H2,1-8H3,(H,33,34). The first-order valence-electron chi connectivity index (χ1n) is 13.4. The first kappa shape index (κ1) is 28.7. The fraction of sp³-hybridized carbons (Fsp3) is 0.724. The highest BCUT2D eigenvalue weighted by Crippen LogP contribution is 2.50. The van der Waals surface area contributed by atoms with Gasteiger partial charge in [0.2, 0.25) is 0 Å². The molecule has 1 aromatic carbocycles. The highest BCUT2D eigenvalue weighted by atomic mass is 28.4. The van der Waals surface area contributed by atoms with Crippen molar-refractivity contribution >= 4 is 14.4 Å². The van der Waals surface area contributed by atoms with E-state index >= 15 is 0 Å². The van der Waals surface area contributed by atoms with Crippen molar-refractivity contribution < 1.29 is 14.3 Å². The maximum absolute atomic E-state index is 11.8. The highest BCUT2D eigenvalue weighted by molar-refractivity contribution is 6.74. The number of fused-ring (bicyclic) bond motifs is 2. The quantitative estimate of drug-likeness (QED) is 0.408. The van der Waals surface area contributed by atoms with Crippen molar-refractivity contribution in [2.24, 2.45) is 16.7 Å². The van der Waals surface area contributed by atoms with E-state index in [-0.39, 0.29) is 22.0 Å². The van der Waals surface area contributed by atoms with Crippen molar-refractivity contribution in [3.05, 3.63) is 35.4 Å². The normalized spacial score (nSPS) is 24.3. The Kier molecular flexibility index (Phi) is 8.34. The summed E-state index contributed by atoms with van der Waals surface area (Å²) in [5.41, 5.74) is 1.84. The van der Waals surface area contributed by atoms with E-state index in [4.69, 9.17) is 4.43 Å². The lowest BCUT2D eigenvalue weighted by atomic mass is 9.58. The largest absolute Gasteiger partial charge is 0.465 e. The first-order chi connectivity index (χ1) is 16.6. The van der Waals surface area contributed by atoms with Gasteiger partial charge in [-0.3, -0.25) is 0 Å². The second-order valence-corrected chi connectivity index (χ2v) is 18.5. The van der Waals surface area contributed by atoms with Crippen LogP contribution in [0.2, 0.25) is 18.1 Å². The number of rotatable bonds is 7. The number of amides is 1. The lowest BCUT2D eigenvalue weighted by Gasteiger charge is -2.58. The zero-order valence-corrected chi connectivity index (χ0v) is 24.7. The molecule has 0 radical (unpaired) electrons. The van der Waals surface area contributed by atoms with Gasteiger partial charge >= 0.3 is 6.09 Å². The van der Waals surface area contributed by atoms with Crippen LogP contribution in [0, 0.1) is 28.1 Å². The average molecular weight is 514 g/mol. The number of likely N-dealkylation sites (tertiary alicyclic amines) is 2. The van der Waals surface area contributed by atoms with Crippen molar-refractivity contribution in [1.29, 1.82) is 5.26 Å². The Labute approximate surface area is 219 Å². The Morgan fingerprint density at radius 3 is 2.33 bits per heavy atom. The van der Waals surface area contributed by atoms with Crippen LogP contribution in [-0.4, -0.2) is 62.0 Å². The fourth-order valence-electron chi connectivity index (χ4n) is 5.71. The van der Waals surface area contributed by atoms with E-state index in [0.717, 1.165) is 44.5 Å². The summed E-state index contributed by atoms with van der Waals surface area (Å²) in [7, 11) is -1.98. The van der Waals surface area contributed by atoms with Crippen LogP contribution in [0.15, 0.2) is 24.3 Å². The molecule has 2 heterocycles. The molecule has 0 aliphatic carbocycles. The van der Waals surface area contributed by atoms with Crippen LogP contribution in [0.5, 0.6) is 0 Å². The van der Waals surface area contributed by atoms with Crippen LogP contribution in [0.3, 0.4) is 0 Å². The summed E-state index contributed by atoms with van der Waals surface area (Å²) in [6.07, 6.45) is 2.30. The number of nitrogens with zero attached hydrogens (tertiary/aromatic N) is 3. The molecule has 3 atom stereocenters. The molecular formula is C29H47N3O3Si. The van der Waals surface area contributed by atoms with E-state index in [1.807, 2.05) is 12.1 Å². The zero-order chi connectivity index (χ0) is 26.9. The summed E-state index contributed by atoms with van der Waals surface area (Å²) in [4.78, 5) is 16.1. The molecule has 3 rings (SSSR count). The molecule has 36 heavy (non-hydrogen) atoms. The highest BCUT2D eigenvalue weighted by Gasteiger charge is 2.52. The average Bonchev–Trinajstić information content (AvgIpc) is 2.76. The molecule has 0 spiro atoms. The maximum Gasteiger partial charge on any atom is 0.407 e. The van der Waals surface area contributed by atoms with Crippen molar-refractivity contribution in [3.63, 3.8) is 0 Å². The number of carbonyl (C=O) groups is 1. The van der Waals surface area contributed by atoms with E-state index in [9.17, 15) is 15.2 Å². The molecule has 2 aliphatic rings. The summed E-state index contributed by atoms with van der Waals surface area (Å²) >= 11 is 0. The van der Waals surface area contributed by atoms with E-state index in [2.05, 4.69) is 77.7 Å². The fourth-order valence-corrected chi connectivity index (χ4v) is 7.03. The van der Waals surface area contributed by atoms with Crippen LogP contribution >= 0.6 is 0 Å². The molecular weight excluding hydrogens is 466 g/mol. The first-order valence-corrected chi connectivity index (χ1v) is 16.4. The van der Waals surface area contributed by atoms with Gasteiger partial charge in [-0.15, -0.1) is 0 Å². The number of hydrogen-bond donors (Lipinski definition) is 1. The van der Waals surface area contributed by atoms with Gasteiger partial charge in [-0.25, -0.2) is 4.79 Å². The molecule has 2 fully saturated rings. The van der Waals surface area contributed by atoms with E-state index in [1.54, 1.807) is 4.90 Å². The maximum atomic E-state index is 11.8. The van der Waals surface area contributed by atoms with Gasteiger partial charge in [0.15, 0.2) is 8.32 Å². The lowest BCUT2D eigenvalue weighted by molar-refractivity contribution is -0.0879. The Bertz CT molecular complexity index is 958. The van der Waals surface area contributed by atoms with Gasteiger partial charge in [0.05, 0.1) is 17.7 Å². The van der Waals surface area contributed by atoms with Crippen molar-refractivity contribution in [2.45, 2.75) is 85.0 Å². The Balaban J connectivity index is 1.72. The second-order valence-electron chi connectivity index (χ2n) is 13.7. The molecule has 7 heteroatoms. The number of benzene rings is 1. The van der Waals surface area contributed by atoms with Gasteiger partial charge in [0.25, 0.3) is 0 Å². The third-order valence-electron chi connectivity index (χ3n) is 9.15. The smallest absolute Gasteiger partial charge is 0.407 e. The van der Waals surface area contributed by atoms with Crippen molar-refractivity contribution in [3.8, 4) is 6.07 Å². The van der Waals surface area contributed by atoms with Crippen LogP contribution in [0.4, 0.5) is 4.79 Å². The molecule has 1 amide bonds. The molecule has 1 N–H and O–H groups in total. The molecule has 1 aromatic rings. The van der Waals surface area contributed by atoms with Crippen LogP contribution in [0.25, 0.3) is 0 Å². The Hall–Kier alpha value is -1.88. The van der Waals surface area contributed by atoms with Gasteiger partial charge in [0.1, 0.15) is 0 Å². The van der Waals surface area contributed by atoms with E-state index < -0.39 is 14.4 Å². The minimum absolute atomic E-state index is 0.0157. The molecule has 2 saturated heterocycles. The topological polar surface area (TPSA) is 76.8 Å². The SMILES string of the molecule is CC(C)(C)C12CC(CN(CCCC(O[Si](C)(C)C(C)(C)C)c3ccc(C#N)cc3)C1)CN(C(=O)O)C2. The summed E-state index contributed by atoms with van der Waals surface area (Å²) in [6, 6.07) is 10.1. The zero-order valence-electron chi connectivity index (χ0n) is 23.7. The summed E-state index contributed by atoms with van der Waals surface area (Å²) in [6.45, 7) is 22.4. The second kappa shape index (κ2) is 10.5. The monoisotopic (exact) mass is 513 g/mol.